The van der Waals surface area contributed by atoms with Crippen molar-refractivity contribution < 1.29 is 9.72 Å². The summed E-state index contributed by atoms with van der Waals surface area (Å²) in [5.74, 6) is -0.248. The van der Waals surface area contributed by atoms with E-state index in [0.717, 1.165) is 0 Å². The lowest BCUT2D eigenvalue weighted by atomic mass is 10.2. The molecule has 0 aliphatic carbocycles. The molecule has 19 heavy (non-hydrogen) atoms. The maximum Gasteiger partial charge on any atom is 0.270 e. The first-order chi connectivity index (χ1) is 9.04. The lowest BCUT2D eigenvalue weighted by Gasteiger charge is -2.12. The number of nitro groups is 1. The van der Waals surface area contributed by atoms with Gasteiger partial charge in [-0.25, -0.2) is 0 Å². The Morgan fingerprint density at radius 1 is 1.58 bits per heavy atom. The van der Waals surface area contributed by atoms with Gasteiger partial charge < -0.3 is 4.90 Å². The van der Waals surface area contributed by atoms with E-state index < -0.39 is 4.92 Å². The van der Waals surface area contributed by atoms with Crippen molar-refractivity contribution in [2.45, 2.75) is 6.42 Å². The smallest absolute Gasteiger partial charge is 0.270 e. The van der Waals surface area contributed by atoms with Gasteiger partial charge in [-0.05, 0) is 11.6 Å². The Kier molecular flexibility index (Phi) is 5.23. The van der Waals surface area contributed by atoms with Crippen LogP contribution < -0.4 is 0 Å². The third-order valence-electron chi connectivity index (χ3n) is 2.43. The normalized spacial score (nSPS) is 10.1. The number of nitriles is 1. The number of benzene rings is 1. The fourth-order valence-electron chi connectivity index (χ4n) is 1.36. The minimum Gasteiger partial charge on any atom is -0.341 e. The molecule has 0 unspecified atom stereocenters. The monoisotopic (exact) mass is 259 g/mol. The van der Waals surface area contributed by atoms with Gasteiger partial charge in [-0.15, -0.1) is 0 Å². The highest BCUT2D eigenvalue weighted by Gasteiger charge is 2.06. The summed E-state index contributed by atoms with van der Waals surface area (Å²) >= 11 is 0. The number of carbonyl (C=O) groups excluding carboxylic acids is 1. The predicted molar refractivity (Wildman–Crippen MR) is 70.0 cm³/mol. The molecule has 0 radical (unpaired) electrons. The van der Waals surface area contributed by atoms with Crippen molar-refractivity contribution in [3.8, 4) is 6.07 Å². The molecule has 1 rings (SSSR count). The summed E-state index contributed by atoms with van der Waals surface area (Å²) in [5, 5.41) is 19.0. The molecule has 0 heterocycles. The second-order valence-corrected chi connectivity index (χ2v) is 3.85. The van der Waals surface area contributed by atoms with Crippen LogP contribution in [-0.4, -0.2) is 29.3 Å². The quantitative estimate of drug-likeness (QED) is 0.459. The molecule has 0 aliphatic rings. The van der Waals surface area contributed by atoms with Crippen LogP contribution in [-0.2, 0) is 4.79 Å². The van der Waals surface area contributed by atoms with Gasteiger partial charge >= 0.3 is 0 Å². The van der Waals surface area contributed by atoms with Crippen molar-refractivity contribution in [1.29, 1.82) is 5.26 Å². The predicted octanol–water partition coefficient (Wildman–Crippen LogP) is 1.98. The van der Waals surface area contributed by atoms with Crippen molar-refractivity contribution in [3.05, 3.63) is 46.0 Å². The Morgan fingerprint density at radius 2 is 2.32 bits per heavy atom. The van der Waals surface area contributed by atoms with Gasteiger partial charge in [0.1, 0.15) is 0 Å². The zero-order chi connectivity index (χ0) is 14.3. The molecule has 98 valence electrons. The van der Waals surface area contributed by atoms with Gasteiger partial charge in [0.25, 0.3) is 5.69 Å². The molecule has 6 nitrogen and oxygen atoms in total. The maximum absolute atomic E-state index is 11.6. The lowest BCUT2D eigenvalue weighted by molar-refractivity contribution is -0.384. The minimum atomic E-state index is -0.488. The van der Waals surface area contributed by atoms with Crippen LogP contribution in [0, 0.1) is 21.4 Å². The van der Waals surface area contributed by atoms with Crippen LogP contribution in [0.25, 0.3) is 6.08 Å². The Balaban J connectivity index is 2.71. The first kappa shape index (κ1) is 14.4. The van der Waals surface area contributed by atoms with E-state index >= 15 is 0 Å². The lowest BCUT2D eigenvalue weighted by Crippen LogP contribution is -2.25. The van der Waals surface area contributed by atoms with E-state index in [1.807, 2.05) is 6.07 Å². The summed E-state index contributed by atoms with van der Waals surface area (Å²) in [4.78, 5) is 23.2. The highest BCUT2D eigenvalue weighted by Crippen LogP contribution is 2.14. The van der Waals surface area contributed by atoms with Crippen molar-refractivity contribution in [1.82, 2.24) is 4.90 Å². The van der Waals surface area contributed by atoms with Gasteiger partial charge in [-0.2, -0.15) is 5.26 Å². The summed E-state index contributed by atoms with van der Waals surface area (Å²) < 4.78 is 0. The molecule has 1 amide bonds. The number of rotatable bonds is 5. The Hall–Kier alpha value is -2.68. The van der Waals surface area contributed by atoms with Crippen molar-refractivity contribution in [2.24, 2.45) is 0 Å². The molecule has 1 aromatic rings. The largest absolute Gasteiger partial charge is 0.341 e. The van der Waals surface area contributed by atoms with Crippen LogP contribution in [0.2, 0.25) is 0 Å². The van der Waals surface area contributed by atoms with Gasteiger partial charge in [0.2, 0.25) is 5.91 Å². The average molecular weight is 259 g/mol. The second kappa shape index (κ2) is 6.91. The maximum atomic E-state index is 11.6. The van der Waals surface area contributed by atoms with Crippen LogP contribution in [0.4, 0.5) is 5.69 Å². The van der Waals surface area contributed by atoms with E-state index in [1.165, 1.54) is 29.2 Å². The van der Waals surface area contributed by atoms with E-state index in [9.17, 15) is 14.9 Å². The van der Waals surface area contributed by atoms with Gasteiger partial charge in [0.15, 0.2) is 0 Å². The van der Waals surface area contributed by atoms with Gasteiger partial charge in [0, 0.05) is 31.8 Å². The van der Waals surface area contributed by atoms with Crippen LogP contribution >= 0.6 is 0 Å². The first-order valence-electron chi connectivity index (χ1n) is 5.59. The molecule has 0 bridgehead atoms. The van der Waals surface area contributed by atoms with Gasteiger partial charge in [-0.3, -0.25) is 14.9 Å². The summed E-state index contributed by atoms with van der Waals surface area (Å²) in [6.45, 7) is 0.356. The molecule has 0 fully saturated rings. The first-order valence-corrected chi connectivity index (χ1v) is 5.59. The molecule has 1 aromatic carbocycles. The standard InChI is InChI=1S/C13H13N3O3/c1-15(9-3-8-14)13(17)7-6-11-4-2-5-12(10-11)16(18)19/h2,4-7,10H,3,9H2,1H3. The molecule has 0 atom stereocenters. The summed E-state index contributed by atoms with van der Waals surface area (Å²) in [7, 11) is 1.59. The Morgan fingerprint density at radius 3 is 2.95 bits per heavy atom. The third-order valence-corrected chi connectivity index (χ3v) is 2.43. The highest BCUT2D eigenvalue weighted by molar-refractivity contribution is 5.91. The molecule has 0 saturated carbocycles. The van der Waals surface area contributed by atoms with Gasteiger partial charge in [-0.1, -0.05) is 12.1 Å². The second-order valence-electron chi connectivity index (χ2n) is 3.85. The zero-order valence-corrected chi connectivity index (χ0v) is 10.4. The molecule has 0 spiro atoms. The van der Waals surface area contributed by atoms with Crippen molar-refractivity contribution >= 4 is 17.7 Å². The SMILES string of the molecule is CN(CCC#N)C(=O)C=Cc1cccc([N+](=O)[O-])c1. The Labute approximate surface area is 110 Å². The van der Waals surface area contributed by atoms with Gasteiger partial charge in [0.05, 0.1) is 17.4 Å². The third kappa shape index (κ3) is 4.60. The van der Waals surface area contributed by atoms with Crippen LogP contribution in [0.15, 0.2) is 30.3 Å². The molecule has 0 saturated heterocycles. The average Bonchev–Trinajstić information content (AvgIpc) is 2.42. The van der Waals surface area contributed by atoms with Crippen molar-refractivity contribution in [2.75, 3.05) is 13.6 Å². The topological polar surface area (TPSA) is 87.2 Å². The summed E-state index contributed by atoms with van der Waals surface area (Å²) in [6.07, 6.45) is 3.11. The number of nitrogens with zero attached hydrogens (tertiary/aromatic N) is 3. The number of non-ortho nitro benzene ring substituents is 1. The van der Waals surface area contributed by atoms with Crippen LogP contribution in [0.3, 0.4) is 0 Å². The molecule has 0 N–H and O–H groups in total. The summed E-state index contributed by atoms with van der Waals surface area (Å²) in [5.41, 5.74) is 0.559. The number of likely N-dealkylation sites (N-methyl/N-ethyl adjacent to an activating group) is 1. The molecule has 0 aromatic heterocycles. The van der Waals surface area contributed by atoms with E-state index in [0.29, 0.717) is 12.1 Å². The molecule has 6 heteroatoms. The molecule has 0 aliphatic heterocycles. The van der Waals surface area contributed by atoms with E-state index in [2.05, 4.69) is 0 Å². The van der Waals surface area contributed by atoms with E-state index in [1.54, 1.807) is 19.2 Å². The molecular formula is C13H13N3O3. The zero-order valence-electron chi connectivity index (χ0n) is 10.4. The number of carbonyl (C=O) groups is 1. The number of amides is 1. The minimum absolute atomic E-state index is 0.0209. The molecular weight excluding hydrogens is 246 g/mol. The fourth-order valence-corrected chi connectivity index (χ4v) is 1.36. The summed E-state index contributed by atoms with van der Waals surface area (Å²) in [6, 6.07) is 7.96. The van der Waals surface area contributed by atoms with E-state index in [-0.39, 0.29) is 18.0 Å². The van der Waals surface area contributed by atoms with Crippen LogP contribution in [0.5, 0.6) is 0 Å². The van der Waals surface area contributed by atoms with Crippen molar-refractivity contribution in [3.63, 3.8) is 0 Å². The fraction of sp³-hybridized carbons (Fsp3) is 0.231. The number of hydrogen-bond acceptors (Lipinski definition) is 4. The number of hydrogen-bond donors (Lipinski definition) is 0. The Bertz CT molecular complexity index is 546. The number of nitro benzene ring substituents is 1. The van der Waals surface area contributed by atoms with Crippen LogP contribution in [0.1, 0.15) is 12.0 Å². The van der Waals surface area contributed by atoms with E-state index in [4.69, 9.17) is 5.26 Å². The highest BCUT2D eigenvalue weighted by atomic mass is 16.6.